The molecule has 0 atom stereocenters. The van der Waals surface area contributed by atoms with Crippen LogP contribution in [0.4, 0.5) is 0 Å². The first-order valence-corrected chi connectivity index (χ1v) is 6.78. The average Bonchev–Trinajstić information content (AvgIpc) is 2.75. The highest BCUT2D eigenvalue weighted by atomic mass is 16.3. The van der Waals surface area contributed by atoms with E-state index < -0.39 is 17.8 Å². The summed E-state index contributed by atoms with van der Waals surface area (Å²) < 4.78 is 0. The second-order valence-electron chi connectivity index (χ2n) is 5.23. The number of hydrogen-bond acceptors (Lipinski definition) is 4. The number of fused-ring (bicyclic) bond motifs is 3. The summed E-state index contributed by atoms with van der Waals surface area (Å²) in [7, 11) is 0. The van der Waals surface area contributed by atoms with Crippen LogP contribution in [0, 0.1) is 0 Å². The molecule has 5 heteroatoms. The van der Waals surface area contributed by atoms with Crippen LogP contribution in [0.15, 0.2) is 46.1 Å². The number of aliphatic hydroxyl groups excluding tert-OH is 1. The van der Waals surface area contributed by atoms with Crippen LogP contribution in [-0.4, -0.2) is 15.2 Å². The minimum absolute atomic E-state index is 0.188. The lowest BCUT2D eigenvalue weighted by Crippen LogP contribution is -2.07. The molecule has 0 spiro atoms. The maximum absolute atomic E-state index is 12.2. The van der Waals surface area contributed by atoms with E-state index >= 15 is 0 Å². The summed E-state index contributed by atoms with van der Waals surface area (Å²) in [6.07, 6.45) is 1.71. The quantitative estimate of drug-likeness (QED) is 0.499. The highest BCUT2D eigenvalue weighted by molar-refractivity contribution is 6.30. The van der Waals surface area contributed by atoms with Gasteiger partial charge >= 0.3 is 0 Å². The molecule has 0 aliphatic heterocycles. The van der Waals surface area contributed by atoms with E-state index in [4.69, 9.17) is 0 Å². The first-order chi connectivity index (χ1) is 10.6. The zero-order valence-electron chi connectivity index (χ0n) is 11.4. The van der Waals surface area contributed by atoms with Crippen LogP contribution in [0.1, 0.15) is 5.56 Å². The van der Waals surface area contributed by atoms with Gasteiger partial charge in [-0.25, -0.2) is 0 Å². The van der Waals surface area contributed by atoms with E-state index in [1.165, 1.54) is 12.1 Å². The summed E-state index contributed by atoms with van der Waals surface area (Å²) in [4.78, 5) is 27.3. The van der Waals surface area contributed by atoms with Gasteiger partial charge in [0.05, 0.1) is 12.1 Å². The van der Waals surface area contributed by atoms with Gasteiger partial charge in [0.2, 0.25) is 5.43 Å². The first-order valence-electron chi connectivity index (χ1n) is 6.78. The third-order valence-electron chi connectivity index (χ3n) is 4.09. The van der Waals surface area contributed by atoms with Gasteiger partial charge in [-0.1, -0.05) is 12.1 Å². The van der Waals surface area contributed by atoms with E-state index in [0.29, 0.717) is 21.5 Å². The summed E-state index contributed by atoms with van der Waals surface area (Å²) in [6.45, 7) is -0.454. The number of rotatable bonds is 1. The van der Waals surface area contributed by atoms with Crippen molar-refractivity contribution >= 4 is 32.4 Å². The van der Waals surface area contributed by atoms with E-state index in [-0.39, 0.29) is 11.0 Å². The minimum atomic E-state index is -0.526. The molecule has 3 N–H and O–H groups in total. The Morgan fingerprint density at radius 2 is 1.82 bits per heavy atom. The van der Waals surface area contributed by atoms with Gasteiger partial charge in [-0.15, -0.1) is 0 Å². The Balaban J connectivity index is 2.54. The average molecular weight is 293 g/mol. The number of benzene rings is 1. The van der Waals surface area contributed by atoms with Crippen LogP contribution in [0.2, 0.25) is 0 Å². The third kappa shape index (κ3) is 1.46. The van der Waals surface area contributed by atoms with Crippen molar-refractivity contribution in [2.45, 2.75) is 6.61 Å². The summed E-state index contributed by atoms with van der Waals surface area (Å²) in [6, 6.07) is 7.77. The van der Waals surface area contributed by atoms with Crippen LogP contribution >= 0.6 is 0 Å². The molecule has 0 aliphatic rings. The zero-order chi connectivity index (χ0) is 15.4. The molecule has 0 bridgehead atoms. The second kappa shape index (κ2) is 4.29. The molecule has 0 saturated heterocycles. The molecule has 108 valence electrons. The number of aromatic amines is 1. The van der Waals surface area contributed by atoms with Crippen LogP contribution in [-0.2, 0) is 6.61 Å². The van der Waals surface area contributed by atoms with Crippen molar-refractivity contribution in [3.63, 3.8) is 0 Å². The molecule has 3 aromatic carbocycles. The molecule has 0 aliphatic carbocycles. The van der Waals surface area contributed by atoms with Gasteiger partial charge < -0.3 is 15.2 Å². The highest BCUT2D eigenvalue weighted by Crippen LogP contribution is 2.39. The summed E-state index contributed by atoms with van der Waals surface area (Å²) in [5.74, 6) is -0.411. The Kier molecular flexibility index (Phi) is 2.49. The number of aromatic nitrogens is 1. The Morgan fingerprint density at radius 3 is 2.59 bits per heavy atom. The lowest BCUT2D eigenvalue weighted by Gasteiger charge is -2.03. The van der Waals surface area contributed by atoms with E-state index in [1.54, 1.807) is 24.4 Å². The van der Waals surface area contributed by atoms with E-state index in [9.17, 15) is 19.8 Å². The fourth-order valence-electron chi connectivity index (χ4n) is 3.16. The van der Waals surface area contributed by atoms with Crippen LogP contribution in [0.3, 0.4) is 0 Å². The van der Waals surface area contributed by atoms with Crippen molar-refractivity contribution in [1.82, 2.24) is 4.98 Å². The van der Waals surface area contributed by atoms with Gasteiger partial charge in [-0.3, -0.25) is 9.59 Å². The third-order valence-corrected chi connectivity index (χ3v) is 4.09. The van der Waals surface area contributed by atoms with Gasteiger partial charge in [0.25, 0.3) is 0 Å². The van der Waals surface area contributed by atoms with E-state index in [1.807, 2.05) is 0 Å². The number of nitrogens with one attached hydrogen (secondary N) is 1. The largest absolute Gasteiger partial charge is 0.504 e. The maximum atomic E-state index is 12.2. The highest BCUT2D eigenvalue weighted by Gasteiger charge is 2.19. The van der Waals surface area contributed by atoms with Gasteiger partial charge in [0.1, 0.15) is 0 Å². The van der Waals surface area contributed by atoms with Crippen molar-refractivity contribution < 1.29 is 10.2 Å². The molecule has 0 saturated carbocycles. The fourth-order valence-corrected chi connectivity index (χ4v) is 3.16. The predicted octanol–water partition coefficient (Wildman–Crippen LogP) is 1.83. The Morgan fingerprint density at radius 1 is 1.00 bits per heavy atom. The molecule has 1 aromatic heterocycles. The van der Waals surface area contributed by atoms with Gasteiger partial charge in [0, 0.05) is 33.3 Å². The molecule has 4 rings (SSSR count). The van der Waals surface area contributed by atoms with Crippen molar-refractivity contribution in [2.75, 3.05) is 0 Å². The SMILES string of the molecule is O=c1cccc2c3[nH]ccc4cc(=O)c(CO)c(c2c1O)c43. The summed E-state index contributed by atoms with van der Waals surface area (Å²) in [5, 5.41) is 22.7. The lowest BCUT2D eigenvalue weighted by atomic mass is 10.0. The topological polar surface area (TPSA) is 90.4 Å². The minimum Gasteiger partial charge on any atom is -0.504 e. The summed E-state index contributed by atoms with van der Waals surface area (Å²) in [5.41, 5.74) is 0.0758. The first kappa shape index (κ1) is 12.8. The number of hydrogen-bond donors (Lipinski definition) is 3. The van der Waals surface area contributed by atoms with Crippen molar-refractivity contribution in [3.05, 3.63) is 62.5 Å². The second-order valence-corrected chi connectivity index (χ2v) is 5.23. The van der Waals surface area contributed by atoms with Crippen molar-refractivity contribution in [2.24, 2.45) is 0 Å². The number of H-pyrrole nitrogens is 1. The van der Waals surface area contributed by atoms with Crippen molar-refractivity contribution in [1.29, 1.82) is 0 Å². The van der Waals surface area contributed by atoms with Crippen LogP contribution in [0.5, 0.6) is 5.75 Å². The molecule has 4 aromatic rings. The molecule has 1 heterocycles. The maximum Gasteiger partial charge on any atom is 0.220 e. The number of aromatic hydroxyl groups is 1. The van der Waals surface area contributed by atoms with Gasteiger partial charge in [-0.2, -0.15) is 0 Å². The Hall–Kier alpha value is -2.92. The number of aliphatic hydroxyl groups is 1. The number of pyridine rings is 1. The summed E-state index contributed by atoms with van der Waals surface area (Å²) >= 11 is 0. The Bertz CT molecular complexity index is 1160. The standard InChI is InChI=1S/C17H11NO4/c19-7-10-12(21)6-8-4-5-18-16-9-2-1-3-11(20)17(22)15(9)14(10)13(8)16/h1-6,18-19H,7H2,(H,20,22). The fraction of sp³-hybridized carbons (Fsp3) is 0.0588. The van der Waals surface area contributed by atoms with Gasteiger partial charge in [0.15, 0.2) is 11.2 Å². The molecule has 22 heavy (non-hydrogen) atoms. The molecule has 0 radical (unpaired) electrons. The molecule has 0 fully saturated rings. The molecular weight excluding hydrogens is 282 g/mol. The van der Waals surface area contributed by atoms with Crippen LogP contribution in [0.25, 0.3) is 32.4 Å². The Labute approximate surface area is 123 Å². The lowest BCUT2D eigenvalue weighted by molar-refractivity contribution is 0.282. The van der Waals surface area contributed by atoms with Crippen LogP contribution < -0.4 is 10.9 Å². The van der Waals surface area contributed by atoms with E-state index in [2.05, 4.69) is 4.98 Å². The molecule has 5 nitrogen and oxygen atoms in total. The van der Waals surface area contributed by atoms with Crippen molar-refractivity contribution in [3.8, 4) is 5.75 Å². The normalized spacial score (nSPS) is 11.7. The zero-order valence-corrected chi connectivity index (χ0v) is 11.4. The molecular formula is C17H11NO4. The predicted molar refractivity (Wildman–Crippen MR) is 84.6 cm³/mol. The molecule has 0 amide bonds. The molecule has 0 unspecified atom stereocenters. The van der Waals surface area contributed by atoms with Gasteiger partial charge in [-0.05, 0) is 23.6 Å². The smallest absolute Gasteiger partial charge is 0.220 e. The monoisotopic (exact) mass is 293 g/mol. The van der Waals surface area contributed by atoms with E-state index in [0.717, 1.165) is 10.9 Å².